The van der Waals surface area contributed by atoms with E-state index >= 15 is 0 Å². The first-order valence-electron chi connectivity index (χ1n) is 7.00. The van der Waals surface area contributed by atoms with Gasteiger partial charge >= 0.3 is 5.97 Å². The highest BCUT2D eigenvalue weighted by atomic mass is 32.2. The number of aliphatic carboxylic acids is 1. The van der Waals surface area contributed by atoms with Crippen LogP contribution in [0.3, 0.4) is 0 Å². The Balaban J connectivity index is 1.97. The Labute approximate surface area is 127 Å². The zero-order valence-electron chi connectivity index (χ0n) is 12.1. The van der Waals surface area contributed by atoms with Gasteiger partial charge in [0.15, 0.2) is 0 Å². The lowest BCUT2D eigenvalue weighted by molar-refractivity contribution is -0.136. The van der Waals surface area contributed by atoms with Crippen LogP contribution in [0.4, 0.5) is 0 Å². The van der Waals surface area contributed by atoms with Crippen molar-refractivity contribution in [3.05, 3.63) is 35.9 Å². The van der Waals surface area contributed by atoms with Crippen LogP contribution in [0.5, 0.6) is 0 Å². The maximum Gasteiger partial charge on any atom is 0.319 e. The molecule has 2 rings (SSSR count). The molecule has 1 saturated heterocycles. The lowest BCUT2D eigenvalue weighted by atomic mass is 10.1. The molecule has 1 fully saturated rings. The van der Waals surface area contributed by atoms with Crippen molar-refractivity contribution in [2.75, 3.05) is 32.5 Å². The third kappa shape index (κ3) is 4.91. The predicted octanol–water partition coefficient (Wildman–Crippen LogP) is 0.762. The third-order valence-corrected chi connectivity index (χ3v) is 5.25. The van der Waals surface area contributed by atoms with Crippen molar-refractivity contribution in [2.24, 2.45) is 0 Å². The monoisotopic (exact) mass is 311 g/mol. The molecule has 3 unspecified atom stereocenters. The second-order valence-electron chi connectivity index (χ2n) is 5.32. The molecule has 0 saturated carbocycles. The molecule has 6 heteroatoms. The first kappa shape index (κ1) is 16.1. The summed E-state index contributed by atoms with van der Waals surface area (Å²) in [6.07, 6.45) is 0.132. The Morgan fingerprint density at radius 3 is 2.81 bits per heavy atom. The summed E-state index contributed by atoms with van der Waals surface area (Å²) in [4.78, 5) is 13.5. The number of benzene rings is 1. The SMILES string of the molecule is CN1CCOC(CS(=O)C(Cc2ccccc2)C(=O)O)C1. The summed E-state index contributed by atoms with van der Waals surface area (Å²) >= 11 is 0. The van der Waals surface area contributed by atoms with E-state index in [0.29, 0.717) is 13.2 Å². The van der Waals surface area contributed by atoms with Gasteiger partial charge in [0.25, 0.3) is 0 Å². The summed E-state index contributed by atoms with van der Waals surface area (Å²) in [5.74, 6) is -0.741. The molecule has 3 atom stereocenters. The second kappa shape index (κ2) is 7.68. The molecule has 0 aliphatic carbocycles. The summed E-state index contributed by atoms with van der Waals surface area (Å²) in [5, 5.41) is 8.46. The number of carboxylic acids is 1. The number of nitrogens with zero attached hydrogens (tertiary/aromatic N) is 1. The van der Waals surface area contributed by atoms with Crippen LogP contribution >= 0.6 is 0 Å². The van der Waals surface area contributed by atoms with Gasteiger partial charge in [-0.3, -0.25) is 9.00 Å². The van der Waals surface area contributed by atoms with Crippen LogP contribution in [-0.2, 0) is 26.8 Å². The second-order valence-corrected chi connectivity index (χ2v) is 6.98. The van der Waals surface area contributed by atoms with Crippen molar-refractivity contribution < 1.29 is 18.8 Å². The molecule has 1 N–H and O–H groups in total. The Kier molecular flexibility index (Phi) is 5.90. The van der Waals surface area contributed by atoms with Gasteiger partial charge in [0, 0.05) is 23.9 Å². The Hall–Kier alpha value is -1.24. The molecule has 116 valence electrons. The molecule has 0 amide bonds. The van der Waals surface area contributed by atoms with E-state index in [-0.39, 0.29) is 18.3 Å². The molecule has 1 aliphatic heterocycles. The predicted molar refractivity (Wildman–Crippen MR) is 81.8 cm³/mol. The number of hydrogen-bond acceptors (Lipinski definition) is 4. The van der Waals surface area contributed by atoms with Crippen LogP contribution < -0.4 is 0 Å². The smallest absolute Gasteiger partial charge is 0.319 e. The minimum absolute atomic E-state index is 0.151. The molecule has 5 nitrogen and oxygen atoms in total. The van der Waals surface area contributed by atoms with Crippen LogP contribution in [0, 0.1) is 0 Å². The van der Waals surface area contributed by atoms with Crippen molar-refractivity contribution in [1.82, 2.24) is 4.90 Å². The molecule has 1 aromatic rings. The molecule has 0 bridgehead atoms. The van der Waals surface area contributed by atoms with Gasteiger partial charge in [0.1, 0.15) is 5.25 Å². The van der Waals surface area contributed by atoms with Gasteiger partial charge in [0.05, 0.1) is 18.5 Å². The number of rotatable bonds is 6. The molecule has 21 heavy (non-hydrogen) atoms. The van der Waals surface area contributed by atoms with Gasteiger partial charge in [-0.2, -0.15) is 0 Å². The zero-order chi connectivity index (χ0) is 15.2. The summed E-state index contributed by atoms with van der Waals surface area (Å²) < 4.78 is 18.0. The zero-order valence-corrected chi connectivity index (χ0v) is 12.9. The molecule has 0 aromatic heterocycles. The standard InChI is InChI=1S/C15H21NO4S/c1-16-7-8-20-13(10-16)11-21(19)14(15(17)18)9-12-5-3-2-4-6-12/h2-6,13-14H,7-11H2,1H3,(H,17,18). The van der Waals surface area contributed by atoms with Crippen LogP contribution in [0.25, 0.3) is 0 Å². The Morgan fingerprint density at radius 1 is 1.48 bits per heavy atom. The maximum absolute atomic E-state index is 12.4. The highest BCUT2D eigenvalue weighted by Crippen LogP contribution is 2.12. The number of ether oxygens (including phenoxy) is 1. The molecule has 1 aliphatic rings. The van der Waals surface area contributed by atoms with Crippen molar-refractivity contribution in [3.63, 3.8) is 0 Å². The lowest BCUT2D eigenvalue weighted by Gasteiger charge is -2.30. The average Bonchev–Trinajstić information content (AvgIpc) is 2.45. The van der Waals surface area contributed by atoms with Gasteiger partial charge in [-0.25, -0.2) is 0 Å². The van der Waals surface area contributed by atoms with Crippen LogP contribution in [0.2, 0.25) is 0 Å². The van der Waals surface area contributed by atoms with Crippen molar-refractivity contribution >= 4 is 16.8 Å². The highest BCUT2D eigenvalue weighted by molar-refractivity contribution is 7.86. The number of hydrogen-bond donors (Lipinski definition) is 1. The number of likely N-dealkylation sites (N-methyl/N-ethyl adjacent to an activating group) is 1. The summed E-state index contributed by atoms with van der Waals surface area (Å²) in [5.41, 5.74) is 0.889. The molecular formula is C15H21NO4S. The molecular weight excluding hydrogens is 290 g/mol. The third-order valence-electron chi connectivity index (χ3n) is 3.55. The number of morpholine rings is 1. The molecule has 1 aromatic carbocycles. The number of carboxylic acid groups (broad SMARTS) is 1. The fraction of sp³-hybridized carbons (Fsp3) is 0.533. The van der Waals surface area contributed by atoms with Gasteiger partial charge < -0.3 is 14.7 Å². The molecule has 0 radical (unpaired) electrons. The van der Waals surface area contributed by atoms with E-state index in [9.17, 15) is 14.1 Å². The van der Waals surface area contributed by atoms with Crippen molar-refractivity contribution in [1.29, 1.82) is 0 Å². The van der Waals surface area contributed by atoms with Crippen LogP contribution in [-0.4, -0.2) is 64.0 Å². The quantitative estimate of drug-likeness (QED) is 0.840. The van der Waals surface area contributed by atoms with E-state index in [1.54, 1.807) is 0 Å². The fourth-order valence-electron chi connectivity index (χ4n) is 2.39. The molecule has 1 heterocycles. The normalized spacial score (nSPS) is 22.6. The first-order valence-corrected chi connectivity index (χ1v) is 8.38. The van der Waals surface area contributed by atoms with Gasteiger partial charge in [0.2, 0.25) is 0 Å². The van der Waals surface area contributed by atoms with E-state index in [4.69, 9.17) is 4.74 Å². The summed E-state index contributed by atoms with van der Waals surface area (Å²) in [6, 6.07) is 9.31. The fourth-order valence-corrected chi connectivity index (χ4v) is 3.79. The largest absolute Gasteiger partial charge is 0.480 e. The van der Waals surface area contributed by atoms with Crippen LogP contribution in [0.15, 0.2) is 30.3 Å². The summed E-state index contributed by atoms with van der Waals surface area (Å²) in [7, 11) is 0.531. The average molecular weight is 311 g/mol. The highest BCUT2D eigenvalue weighted by Gasteiger charge is 2.29. The lowest BCUT2D eigenvalue weighted by Crippen LogP contribution is -2.44. The van der Waals surface area contributed by atoms with E-state index in [1.165, 1.54) is 0 Å². The maximum atomic E-state index is 12.4. The van der Waals surface area contributed by atoms with Crippen LogP contribution in [0.1, 0.15) is 5.56 Å². The molecule has 0 spiro atoms. The topological polar surface area (TPSA) is 66.8 Å². The van der Waals surface area contributed by atoms with E-state index in [0.717, 1.165) is 12.1 Å². The van der Waals surface area contributed by atoms with Crippen molar-refractivity contribution in [2.45, 2.75) is 17.8 Å². The van der Waals surface area contributed by atoms with Crippen molar-refractivity contribution in [3.8, 4) is 0 Å². The van der Waals surface area contributed by atoms with E-state index in [2.05, 4.69) is 4.90 Å². The summed E-state index contributed by atoms with van der Waals surface area (Å²) in [6.45, 7) is 2.16. The minimum atomic E-state index is -1.45. The van der Waals surface area contributed by atoms with E-state index in [1.807, 2.05) is 37.4 Å². The minimum Gasteiger partial charge on any atom is -0.480 e. The van der Waals surface area contributed by atoms with Gasteiger partial charge in [-0.1, -0.05) is 30.3 Å². The van der Waals surface area contributed by atoms with E-state index < -0.39 is 22.0 Å². The first-order chi connectivity index (χ1) is 10.1. The number of carbonyl (C=O) groups is 1. The Morgan fingerprint density at radius 2 is 2.19 bits per heavy atom. The van der Waals surface area contributed by atoms with Gasteiger partial charge in [-0.05, 0) is 19.0 Å². The Bertz CT molecular complexity index is 494. The van der Waals surface area contributed by atoms with Gasteiger partial charge in [-0.15, -0.1) is 0 Å².